The van der Waals surface area contributed by atoms with Crippen molar-refractivity contribution in [2.24, 2.45) is 0 Å². The predicted molar refractivity (Wildman–Crippen MR) is 156 cm³/mol. The standard InChI is InChI=1S/C31H33ClN6O/c1-21-9-8-12-24-19-26(30(39)33-27(21)24)28(29-34-35-36-38(29)31(2,3)4)37(18-17-22-10-6-5-7-11-22)20-23-13-15-25(32)16-14-23/h5-16,19,28H,17-18,20H2,1-4H3,(H,33,39)/t28-/m0/s1. The van der Waals surface area contributed by atoms with Gasteiger partial charge in [-0.2, -0.15) is 0 Å². The lowest BCUT2D eigenvalue weighted by molar-refractivity contribution is 0.195. The van der Waals surface area contributed by atoms with Crippen LogP contribution in [0.5, 0.6) is 0 Å². The number of aryl methyl sites for hydroxylation is 1. The van der Waals surface area contributed by atoms with Gasteiger partial charge in [0.2, 0.25) is 0 Å². The largest absolute Gasteiger partial charge is 0.321 e. The number of halogens is 1. The highest BCUT2D eigenvalue weighted by atomic mass is 35.5. The average Bonchev–Trinajstić information content (AvgIpc) is 3.40. The van der Waals surface area contributed by atoms with E-state index in [1.807, 2.05) is 78.3 Å². The molecule has 0 saturated heterocycles. The Morgan fingerprint density at radius 1 is 0.974 bits per heavy atom. The van der Waals surface area contributed by atoms with Crippen molar-refractivity contribution in [2.45, 2.75) is 52.2 Å². The zero-order valence-corrected chi connectivity index (χ0v) is 23.5. The molecule has 5 rings (SSSR count). The van der Waals surface area contributed by atoms with E-state index in [2.05, 4.69) is 58.3 Å². The van der Waals surface area contributed by atoms with Crippen LogP contribution in [0, 0.1) is 6.92 Å². The van der Waals surface area contributed by atoms with Gasteiger partial charge in [0.05, 0.1) is 11.1 Å². The topological polar surface area (TPSA) is 79.7 Å². The summed E-state index contributed by atoms with van der Waals surface area (Å²) in [5, 5.41) is 14.6. The van der Waals surface area contributed by atoms with Crippen molar-refractivity contribution in [3.63, 3.8) is 0 Å². The first kappa shape index (κ1) is 26.8. The van der Waals surface area contributed by atoms with Gasteiger partial charge >= 0.3 is 0 Å². The number of benzene rings is 3. The van der Waals surface area contributed by atoms with Crippen LogP contribution in [0.3, 0.4) is 0 Å². The summed E-state index contributed by atoms with van der Waals surface area (Å²) in [5.74, 6) is 0.627. The molecule has 0 saturated carbocycles. The van der Waals surface area contributed by atoms with Gasteiger partial charge in [-0.25, -0.2) is 4.68 Å². The van der Waals surface area contributed by atoms with E-state index in [0.29, 0.717) is 29.5 Å². The van der Waals surface area contributed by atoms with Crippen molar-refractivity contribution < 1.29 is 0 Å². The van der Waals surface area contributed by atoms with Crippen LogP contribution in [-0.4, -0.2) is 36.6 Å². The number of pyridine rings is 1. The first-order valence-corrected chi connectivity index (χ1v) is 13.5. The van der Waals surface area contributed by atoms with Crippen molar-refractivity contribution >= 4 is 22.5 Å². The number of hydrogen-bond donors (Lipinski definition) is 1. The minimum absolute atomic E-state index is 0.147. The number of H-pyrrole nitrogens is 1. The molecule has 0 bridgehead atoms. The van der Waals surface area contributed by atoms with E-state index in [-0.39, 0.29) is 11.1 Å². The SMILES string of the molecule is Cc1cccc2cc([C@@H](c3nnnn3C(C)(C)C)N(CCc3ccccc3)Cc3ccc(Cl)cc3)c(=O)[nH]c12. The molecule has 200 valence electrons. The summed E-state index contributed by atoms with van der Waals surface area (Å²) >= 11 is 6.20. The minimum atomic E-state index is -0.493. The van der Waals surface area contributed by atoms with Crippen molar-refractivity contribution in [2.75, 3.05) is 6.54 Å². The highest BCUT2D eigenvalue weighted by molar-refractivity contribution is 6.30. The fourth-order valence-corrected chi connectivity index (χ4v) is 5.11. The molecule has 0 aliphatic carbocycles. The Kier molecular flexibility index (Phi) is 7.64. The van der Waals surface area contributed by atoms with Gasteiger partial charge in [-0.15, -0.1) is 5.10 Å². The molecule has 3 aromatic carbocycles. The average molecular weight is 541 g/mol. The first-order valence-electron chi connectivity index (χ1n) is 13.1. The summed E-state index contributed by atoms with van der Waals surface area (Å²) in [5.41, 5.74) is 4.24. The summed E-state index contributed by atoms with van der Waals surface area (Å²) in [7, 11) is 0. The van der Waals surface area contributed by atoms with E-state index in [0.717, 1.165) is 28.5 Å². The second-order valence-corrected chi connectivity index (χ2v) is 11.4. The van der Waals surface area contributed by atoms with Gasteiger partial charge in [0.15, 0.2) is 5.82 Å². The third-order valence-electron chi connectivity index (χ3n) is 6.98. The molecule has 0 radical (unpaired) electrons. The van der Waals surface area contributed by atoms with Crippen LogP contribution in [0.25, 0.3) is 10.9 Å². The Bertz CT molecular complexity index is 1620. The highest BCUT2D eigenvalue weighted by Crippen LogP contribution is 2.31. The number of tetrazole rings is 1. The molecular formula is C31H33ClN6O. The highest BCUT2D eigenvalue weighted by Gasteiger charge is 2.33. The lowest BCUT2D eigenvalue weighted by atomic mass is 9.99. The summed E-state index contributed by atoms with van der Waals surface area (Å²) in [6.07, 6.45) is 0.798. The Labute approximate surface area is 233 Å². The molecule has 0 fully saturated rings. The molecule has 1 N–H and O–H groups in total. The maximum Gasteiger partial charge on any atom is 0.253 e. The Morgan fingerprint density at radius 2 is 1.72 bits per heavy atom. The van der Waals surface area contributed by atoms with E-state index in [9.17, 15) is 4.79 Å². The van der Waals surface area contributed by atoms with Gasteiger partial charge in [-0.1, -0.05) is 72.3 Å². The molecule has 8 heteroatoms. The van der Waals surface area contributed by atoms with Crippen molar-refractivity contribution in [3.05, 3.63) is 122 Å². The Balaban J connectivity index is 1.68. The maximum atomic E-state index is 13.8. The molecule has 39 heavy (non-hydrogen) atoms. The van der Waals surface area contributed by atoms with Gasteiger partial charge in [-0.05, 0) is 84.8 Å². The summed E-state index contributed by atoms with van der Waals surface area (Å²) < 4.78 is 1.83. The molecular weight excluding hydrogens is 508 g/mol. The fourth-order valence-electron chi connectivity index (χ4n) is 4.99. The van der Waals surface area contributed by atoms with Gasteiger partial charge < -0.3 is 4.98 Å². The summed E-state index contributed by atoms with van der Waals surface area (Å²) in [6, 6.07) is 25.7. The molecule has 2 aromatic heterocycles. The van der Waals surface area contributed by atoms with Crippen molar-refractivity contribution in [3.8, 4) is 0 Å². The normalized spacial score (nSPS) is 12.8. The number of rotatable bonds is 8. The first-order chi connectivity index (χ1) is 18.7. The zero-order valence-electron chi connectivity index (χ0n) is 22.7. The van der Waals surface area contributed by atoms with Crippen LogP contribution in [0.4, 0.5) is 0 Å². The van der Waals surface area contributed by atoms with Crippen LogP contribution >= 0.6 is 11.6 Å². The molecule has 0 amide bonds. The third-order valence-corrected chi connectivity index (χ3v) is 7.23. The van der Waals surface area contributed by atoms with Crippen molar-refractivity contribution in [1.29, 1.82) is 0 Å². The predicted octanol–water partition coefficient (Wildman–Crippen LogP) is 6.07. The monoisotopic (exact) mass is 540 g/mol. The molecule has 0 aliphatic heterocycles. The molecule has 7 nitrogen and oxygen atoms in total. The van der Waals surface area contributed by atoms with E-state index in [4.69, 9.17) is 11.6 Å². The number of aromatic nitrogens is 5. The van der Waals surface area contributed by atoms with E-state index >= 15 is 0 Å². The van der Waals surface area contributed by atoms with Crippen LogP contribution in [0.2, 0.25) is 5.02 Å². The van der Waals surface area contributed by atoms with Gasteiger partial charge in [0, 0.05) is 23.7 Å². The van der Waals surface area contributed by atoms with E-state index in [1.165, 1.54) is 5.56 Å². The second-order valence-electron chi connectivity index (χ2n) is 10.9. The van der Waals surface area contributed by atoms with Gasteiger partial charge in [0.1, 0.15) is 6.04 Å². The van der Waals surface area contributed by atoms with E-state index < -0.39 is 6.04 Å². The van der Waals surface area contributed by atoms with Gasteiger partial charge in [0.25, 0.3) is 5.56 Å². The molecule has 1 atom stereocenters. The second kappa shape index (κ2) is 11.1. The van der Waals surface area contributed by atoms with Crippen molar-refractivity contribution in [1.82, 2.24) is 30.1 Å². The fraction of sp³-hybridized carbons (Fsp3) is 0.290. The molecule has 2 heterocycles. The zero-order chi connectivity index (χ0) is 27.6. The number of nitrogens with zero attached hydrogens (tertiary/aromatic N) is 5. The molecule has 0 unspecified atom stereocenters. The Hall–Kier alpha value is -3.81. The van der Waals surface area contributed by atoms with Crippen LogP contribution in [0.1, 0.15) is 54.9 Å². The van der Waals surface area contributed by atoms with E-state index in [1.54, 1.807) is 0 Å². The van der Waals surface area contributed by atoms with Crippen LogP contribution < -0.4 is 5.56 Å². The molecule has 0 spiro atoms. The third kappa shape index (κ3) is 5.95. The summed E-state index contributed by atoms with van der Waals surface area (Å²) in [6.45, 7) is 9.45. The maximum absolute atomic E-state index is 13.8. The Morgan fingerprint density at radius 3 is 2.44 bits per heavy atom. The molecule has 0 aliphatic rings. The number of fused-ring (bicyclic) bond motifs is 1. The number of para-hydroxylation sites is 1. The summed E-state index contributed by atoms with van der Waals surface area (Å²) in [4.78, 5) is 19.2. The number of aromatic amines is 1. The minimum Gasteiger partial charge on any atom is -0.321 e. The van der Waals surface area contributed by atoms with Crippen LogP contribution in [-0.2, 0) is 18.5 Å². The smallest absolute Gasteiger partial charge is 0.253 e. The number of hydrogen-bond acceptors (Lipinski definition) is 5. The number of nitrogens with one attached hydrogen (secondary N) is 1. The van der Waals surface area contributed by atoms with Gasteiger partial charge in [-0.3, -0.25) is 9.69 Å². The lowest BCUT2D eigenvalue weighted by Crippen LogP contribution is -2.38. The quantitative estimate of drug-likeness (QED) is 0.258. The molecule has 5 aromatic rings. The lowest BCUT2D eigenvalue weighted by Gasteiger charge is -2.33. The van der Waals surface area contributed by atoms with Crippen LogP contribution in [0.15, 0.2) is 83.7 Å².